The zero-order valence-corrected chi connectivity index (χ0v) is 15.1. The Labute approximate surface area is 157 Å². The third-order valence-corrected chi connectivity index (χ3v) is 5.09. The molecule has 2 aromatic heterocycles. The highest BCUT2D eigenvalue weighted by molar-refractivity contribution is 7.19. The predicted molar refractivity (Wildman–Crippen MR) is 104 cm³/mol. The molecule has 7 nitrogen and oxygen atoms in total. The molecule has 4 aromatic rings. The lowest BCUT2D eigenvalue weighted by molar-refractivity contribution is -0.384. The fourth-order valence-corrected chi connectivity index (χ4v) is 3.82. The zero-order chi connectivity index (χ0) is 19.0. The van der Waals surface area contributed by atoms with Crippen LogP contribution in [-0.2, 0) is 6.54 Å². The van der Waals surface area contributed by atoms with Crippen LogP contribution in [0.5, 0.6) is 0 Å². The third kappa shape index (κ3) is 3.22. The highest BCUT2D eigenvalue weighted by Gasteiger charge is 2.17. The number of aromatic nitrogens is 3. The van der Waals surface area contributed by atoms with Crippen LogP contribution in [0.2, 0.25) is 0 Å². The molecule has 134 valence electrons. The average Bonchev–Trinajstić information content (AvgIpc) is 3.07. The Kier molecular flexibility index (Phi) is 4.25. The van der Waals surface area contributed by atoms with E-state index in [2.05, 4.69) is 10.1 Å². The number of nitro groups is 1. The maximum absolute atomic E-state index is 12.9. The van der Waals surface area contributed by atoms with Crippen molar-refractivity contribution in [3.63, 3.8) is 0 Å². The van der Waals surface area contributed by atoms with Gasteiger partial charge >= 0.3 is 0 Å². The Balaban J connectivity index is 1.89. The lowest BCUT2D eigenvalue weighted by Gasteiger charge is -2.09. The monoisotopic (exact) mass is 378 g/mol. The lowest BCUT2D eigenvalue weighted by atomic mass is 10.1. The van der Waals surface area contributed by atoms with E-state index in [1.165, 1.54) is 28.2 Å². The topological polar surface area (TPSA) is 90.9 Å². The molecule has 0 aliphatic carbocycles. The van der Waals surface area contributed by atoms with Gasteiger partial charge in [-0.05, 0) is 12.5 Å². The molecule has 2 aromatic carbocycles. The summed E-state index contributed by atoms with van der Waals surface area (Å²) in [6, 6.07) is 15.8. The zero-order valence-electron chi connectivity index (χ0n) is 14.3. The van der Waals surface area contributed by atoms with E-state index in [1.807, 2.05) is 37.3 Å². The molecule has 0 saturated heterocycles. The molecule has 0 radical (unpaired) electrons. The van der Waals surface area contributed by atoms with Crippen LogP contribution in [0.25, 0.3) is 21.5 Å². The number of nitro benzene ring substituents is 1. The van der Waals surface area contributed by atoms with Crippen LogP contribution in [0.1, 0.15) is 10.6 Å². The first-order chi connectivity index (χ1) is 13.0. The molecule has 0 unspecified atom stereocenters. The third-order valence-electron chi connectivity index (χ3n) is 4.11. The van der Waals surface area contributed by atoms with E-state index in [0.29, 0.717) is 16.8 Å². The largest absolute Gasteiger partial charge is 0.294 e. The first-order valence-electron chi connectivity index (χ1n) is 8.20. The fourth-order valence-electron chi connectivity index (χ4n) is 2.90. The van der Waals surface area contributed by atoms with Gasteiger partial charge in [0.05, 0.1) is 21.2 Å². The molecule has 0 bridgehead atoms. The van der Waals surface area contributed by atoms with Gasteiger partial charge in [-0.25, -0.2) is 9.67 Å². The van der Waals surface area contributed by atoms with Gasteiger partial charge in [-0.15, -0.1) is 11.3 Å². The second-order valence-corrected chi connectivity index (χ2v) is 7.22. The second kappa shape index (κ2) is 6.73. The molecule has 27 heavy (non-hydrogen) atoms. The van der Waals surface area contributed by atoms with Gasteiger partial charge in [-0.1, -0.05) is 42.5 Å². The summed E-state index contributed by atoms with van der Waals surface area (Å²) in [7, 11) is 0. The van der Waals surface area contributed by atoms with Crippen LogP contribution in [0, 0.1) is 17.0 Å². The summed E-state index contributed by atoms with van der Waals surface area (Å²) in [5.74, 6) is 0. The first-order valence-corrected chi connectivity index (χ1v) is 9.01. The molecule has 4 rings (SSSR count). The molecule has 0 N–H and O–H groups in total. The number of fused-ring (bicyclic) bond motifs is 1. The molecular formula is C19H14N4O3S. The number of rotatable bonds is 4. The molecule has 0 atom stereocenters. The highest BCUT2D eigenvalue weighted by Crippen LogP contribution is 2.29. The Morgan fingerprint density at radius 1 is 1.15 bits per heavy atom. The lowest BCUT2D eigenvalue weighted by Crippen LogP contribution is -2.24. The van der Waals surface area contributed by atoms with Gasteiger partial charge in [-0.3, -0.25) is 14.9 Å². The fraction of sp³-hybridized carbons (Fsp3) is 0.105. The van der Waals surface area contributed by atoms with Crippen molar-refractivity contribution in [1.82, 2.24) is 14.8 Å². The summed E-state index contributed by atoms with van der Waals surface area (Å²) in [4.78, 5) is 27.8. The van der Waals surface area contributed by atoms with E-state index >= 15 is 0 Å². The average molecular weight is 378 g/mol. The van der Waals surface area contributed by atoms with Crippen LogP contribution < -0.4 is 5.56 Å². The molecular weight excluding hydrogens is 364 g/mol. The van der Waals surface area contributed by atoms with E-state index in [1.54, 1.807) is 12.1 Å². The van der Waals surface area contributed by atoms with Crippen LogP contribution in [0.15, 0.2) is 59.4 Å². The summed E-state index contributed by atoms with van der Waals surface area (Å²) in [5, 5.41) is 16.3. The molecule has 0 spiro atoms. The molecule has 0 aliphatic rings. The van der Waals surface area contributed by atoms with Gasteiger partial charge < -0.3 is 0 Å². The highest BCUT2D eigenvalue weighted by atomic mass is 32.1. The van der Waals surface area contributed by atoms with Gasteiger partial charge in [0.25, 0.3) is 11.2 Å². The van der Waals surface area contributed by atoms with Crippen LogP contribution in [0.4, 0.5) is 5.69 Å². The van der Waals surface area contributed by atoms with Gasteiger partial charge in [0, 0.05) is 17.7 Å². The predicted octanol–water partition coefficient (Wildman–Crippen LogP) is 3.78. The summed E-state index contributed by atoms with van der Waals surface area (Å²) in [6.07, 6.45) is 0. The van der Waals surface area contributed by atoms with Crippen molar-refractivity contribution in [3.05, 3.63) is 85.6 Å². The number of non-ortho nitro benzene ring substituents is 1. The first kappa shape index (κ1) is 17.0. The van der Waals surface area contributed by atoms with Gasteiger partial charge in [0.1, 0.15) is 5.69 Å². The molecule has 0 amide bonds. The number of aryl methyl sites for hydroxylation is 1. The van der Waals surface area contributed by atoms with Crippen LogP contribution in [0.3, 0.4) is 0 Å². The quantitative estimate of drug-likeness (QED) is 0.398. The van der Waals surface area contributed by atoms with E-state index in [0.717, 1.165) is 15.3 Å². The van der Waals surface area contributed by atoms with E-state index in [9.17, 15) is 14.9 Å². The number of hydrogen-bond donors (Lipinski definition) is 0. The van der Waals surface area contributed by atoms with Gasteiger partial charge in [-0.2, -0.15) is 5.10 Å². The Morgan fingerprint density at radius 3 is 2.67 bits per heavy atom. The smallest absolute Gasteiger partial charge is 0.265 e. The summed E-state index contributed by atoms with van der Waals surface area (Å²) in [5.41, 5.74) is 2.25. The second-order valence-electron chi connectivity index (χ2n) is 6.02. The Hall–Kier alpha value is -3.39. The summed E-state index contributed by atoms with van der Waals surface area (Å²) in [6.45, 7) is 1.98. The van der Waals surface area contributed by atoms with Crippen LogP contribution in [-0.4, -0.2) is 19.7 Å². The van der Waals surface area contributed by atoms with Crippen molar-refractivity contribution in [2.24, 2.45) is 0 Å². The Morgan fingerprint density at radius 2 is 1.93 bits per heavy atom. The van der Waals surface area contributed by atoms with Crippen molar-refractivity contribution >= 4 is 27.2 Å². The van der Waals surface area contributed by atoms with Gasteiger partial charge in [0.2, 0.25) is 0 Å². The van der Waals surface area contributed by atoms with Crippen molar-refractivity contribution in [2.75, 3.05) is 0 Å². The molecule has 8 heteroatoms. The van der Waals surface area contributed by atoms with Crippen molar-refractivity contribution < 1.29 is 4.92 Å². The summed E-state index contributed by atoms with van der Waals surface area (Å²) < 4.78 is 2.07. The van der Waals surface area contributed by atoms with Gasteiger partial charge in [0.15, 0.2) is 5.52 Å². The normalized spacial score (nSPS) is 11.0. The van der Waals surface area contributed by atoms with Crippen molar-refractivity contribution in [3.8, 4) is 11.3 Å². The minimum atomic E-state index is -0.456. The number of benzene rings is 2. The van der Waals surface area contributed by atoms with E-state index in [-0.39, 0.29) is 17.8 Å². The van der Waals surface area contributed by atoms with Crippen LogP contribution >= 0.6 is 11.3 Å². The number of hydrogen-bond acceptors (Lipinski definition) is 6. The van der Waals surface area contributed by atoms with Crippen molar-refractivity contribution in [1.29, 1.82) is 0 Å². The minimum absolute atomic E-state index is 0.0191. The summed E-state index contributed by atoms with van der Waals surface area (Å²) >= 11 is 1.43. The number of nitrogens with zero attached hydrogens (tertiary/aromatic N) is 4. The SMILES string of the molecule is Cc1nc2c(=O)n(Cc3cccc([N+](=O)[O-])c3)nc(-c3ccccc3)c2s1. The molecule has 0 aliphatic heterocycles. The molecule has 2 heterocycles. The molecule has 0 saturated carbocycles. The minimum Gasteiger partial charge on any atom is -0.265 e. The van der Waals surface area contributed by atoms with E-state index < -0.39 is 4.92 Å². The van der Waals surface area contributed by atoms with Crippen molar-refractivity contribution in [2.45, 2.75) is 13.5 Å². The number of thiazole rings is 1. The Bertz CT molecular complexity index is 1210. The standard InChI is InChI=1S/C19H14N4O3S/c1-12-20-17-18(27-12)16(14-7-3-2-4-8-14)21-22(19(17)24)11-13-6-5-9-15(10-13)23(25)26/h2-10H,11H2,1H3. The maximum atomic E-state index is 12.9. The maximum Gasteiger partial charge on any atom is 0.294 e. The van der Waals surface area contributed by atoms with E-state index in [4.69, 9.17) is 0 Å². The molecule has 0 fully saturated rings.